The van der Waals surface area contributed by atoms with E-state index in [0.29, 0.717) is 5.92 Å². The van der Waals surface area contributed by atoms with Crippen molar-refractivity contribution in [2.75, 3.05) is 5.73 Å². The highest BCUT2D eigenvalue weighted by atomic mass is 14.8. The molecule has 2 N–H and O–H groups in total. The van der Waals surface area contributed by atoms with Gasteiger partial charge in [-0.3, -0.25) is 0 Å². The van der Waals surface area contributed by atoms with E-state index in [-0.39, 0.29) is 0 Å². The molecule has 0 amide bonds. The minimum atomic E-state index is 0.479. The third-order valence-electron chi connectivity index (χ3n) is 11.6. The summed E-state index contributed by atoms with van der Waals surface area (Å²) >= 11 is 0. The average Bonchev–Trinajstić information content (AvgIpc) is 3.24. The number of hydrogen-bond donors (Lipinski definition) is 1. The van der Waals surface area contributed by atoms with Gasteiger partial charge in [-0.05, 0) is 82.5 Å². The van der Waals surface area contributed by atoms with E-state index in [1.165, 1.54) is 49.9 Å². The predicted molar refractivity (Wildman–Crippen MR) is 233 cm³/mol. The number of nitrogens with zero attached hydrogens (tertiary/aromatic N) is 2. The first-order valence-electron chi connectivity index (χ1n) is 19.4. The van der Waals surface area contributed by atoms with Gasteiger partial charge in [0.2, 0.25) is 0 Å². The Bertz CT molecular complexity index is 2880. The average molecular weight is 708 g/mol. The molecule has 55 heavy (non-hydrogen) atoms. The van der Waals surface area contributed by atoms with E-state index >= 15 is 0 Å². The molecule has 8 aromatic rings. The molecule has 0 spiro atoms. The fourth-order valence-corrected chi connectivity index (χ4v) is 8.69. The van der Waals surface area contributed by atoms with Crippen molar-refractivity contribution in [2.45, 2.75) is 32.6 Å². The van der Waals surface area contributed by atoms with Crippen LogP contribution in [0.5, 0.6) is 0 Å². The van der Waals surface area contributed by atoms with Crippen LogP contribution in [0.2, 0.25) is 0 Å². The lowest BCUT2D eigenvalue weighted by atomic mass is 9.79. The number of fused-ring (bicyclic) bond motifs is 6. The van der Waals surface area contributed by atoms with E-state index in [1.54, 1.807) is 0 Å². The summed E-state index contributed by atoms with van der Waals surface area (Å²) in [6, 6.07) is 49.6. The molecule has 2 aromatic heterocycles. The molecule has 3 nitrogen and oxygen atoms in total. The zero-order chi connectivity index (χ0) is 36.9. The Morgan fingerprint density at radius 3 is 1.93 bits per heavy atom. The molecule has 10 rings (SSSR count). The van der Waals surface area contributed by atoms with Crippen LogP contribution in [0.1, 0.15) is 42.0 Å². The van der Waals surface area contributed by atoms with Gasteiger partial charge >= 0.3 is 0 Å². The second-order valence-electron chi connectivity index (χ2n) is 15.2. The summed E-state index contributed by atoms with van der Waals surface area (Å²) in [4.78, 5) is 10.3. The Morgan fingerprint density at radius 1 is 0.600 bits per heavy atom. The van der Waals surface area contributed by atoms with Crippen LogP contribution in [0, 0.1) is 5.92 Å². The maximum atomic E-state index is 7.07. The zero-order valence-corrected chi connectivity index (χ0v) is 31.0. The Morgan fingerprint density at radius 2 is 1.22 bits per heavy atom. The first-order chi connectivity index (χ1) is 27.1. The molecule has 264 valence electrons. The normalized spacial score (nSPS) is 15.3. The summed E-state index contributed by atoms with van der Waals surface area (Å²) in [5.41, 5.74) is 24.5. The molecule has 2 aliphatic carbocycles. The molecule has 0 saturated heterocycles. The Hall–Kier alpha value is -6.58. The summed E-state index contributed by atoms with van der Waals surface area (Å²) in [6.07, 6.45) is 13.3. The first kappa shape index (κ1) is 33.0. The molecule has 0 unspecified atom stereocenters. The van der Waals surface area contributed by atoms with Gasteiger partial charge in [0.05, 0.1) is 22.4 Å². The number of hydrogen-bond acceptors (Lipinski definition) is 3. The molecule has 0 aliphatic heterocycles. The lowest BCUT2D eigenvalue weighted by Crippen LogP contribution is -2.09. The van der Waals surface area contributed by atoms with Crippen molar-refractivity contribution in [3.8, 4) is 33.6 Å². The number of pyridine rings is 2. The number of benzene rings is 6. The van der Waals surface area contributed by atoms with Crippen molar-refractivity contribution >= 4 is 49.9 Å². The van der Waals surface area contributed by atoms with Crippen molar-refractivity contribution < 1.29 is 0 Å². The summed E-state index contributed by atoms with van der Waals surface area (Å²) in [5, 5.41) is 4.57. The van der Waals surface area contributed by atoms with Gasteiger partial charge < -0.3 is 5.73 Å². The van der Waals surface area contributed by atoms with Gasteiger partial charge in [0.25, 0.3) is 0 Å². The van der Waals surface area contributed by atoms with E-state index in [1.807, 2.05) is 6.07 Å². The standard InChI is InChI=1S/C52H41N3/c1-33-15-28-44-43-13-7-8-14-45(43)50(53)49(46(44)31-33)42-12-6-5-11-41(42)32-34-16-18-35(19-17-34)36-20-22-38(23-21-36)48-30-27-40-25-24-39-26-29-47(37-9-3-2-4-10-37)54-51(39)52(40)55-48/h2-16,18,20-30,33H,17,19,31-32,53H2,1H3/t33-/m1/s1. The van der Waals surface area contributed by atoms with Gasteiger partial charge in [-0.15, -0.1) is 0 Å². The number of anilines is 1. The van der Waals surface area contributed by atoms with E-state index in [2.05, 4.69) is 165 Å². The Balaban J connectivity index is 0.928. The van der Waals surface area contributed by atoms with Crippen LogP contribution in [0.25, 0.3) is 77.9 Å². The maximum absolute atomic E-state index is 7.07. The minimum absolute atomic E-state index is 0.479. The minimum Gasteiger partial charge on any atom is -0.398 e. The highest BCUT2D eigenvalue weighted by Crippen LogP contribution is 2.44. The lowest BCUT2D eigenvalue weighted by molar-refractivity contribution is 0.719. The van der Waals surface area contributed by atoms with Crippen LogP contribution in [0.3, 0.4) is 0 Å². The maximum Gasteiger partial charge on any atom is 0.0972 e. The van der Waals surface area contributed by atoms with Gasteiger partial charge in [-0.25, -0.2) is 9.97 Å². The molecule has 0 fully saturated rings. The van der Waals surface area contributed by atoms with Crippen molar-refractivity contribution in [2.24, 2.45) is 5.92 Å². The highest BCUT2D eigenvalue weighted by Gasteiger charge is 2.23. The molecule has 0 radical (unpaired) electrons. The summed E-state index contributed by atoms with van der Waals surface area (Å²) in [7, 11) is 0. The lowest BCUT2D eigenvalue weighted by Gasteiger charge is -2.25. The van der Waals surface area contributed by atoms with Gasteiger partial charge in [0.1, 0.15) is 0 Å². The van der Waals surface area contributed by atoms with Gasteiger partial charge in [-0.1, -0.05) is 164 Å². The summed E-state index contributed by atoms with van der Waals surface area (Å²) in [6.45, 7) is 2.30. The molecular weight excluding hydrogens is 667 g/mol. The fourth-order valence-electron chi connectivity index (χ4n) is 8.69. The molecule has 1 atom stereocenters. The van der Waals surface area contributed by atoms with Gasteiger partial charge in [0, 0.05) is 38.5 Å². The molecule has 2 heterocycles. The van der Waals surface area contributed by atoms with Crippen molar-refractivity contribution in [3.05, 3.63) is 186 Å². The molecule has 0 bridgehead atoms. The zero-order valence-electron chi connectivity index (χ0n) is 31.0. The third kappa shape index (κ3) is 6.03. The number of nitrogen functional groups attached to an aromatic ring is 1. The number of allylic oxidation sites excluding steroid dienone is 5. The quantitative estimate of drug-likeness (QED) is 0.138. The molecule has 3 heteroatoms. The molecule has 6 aromatic carbocycles. The second-order valence-corrected chi connectivity index (χ2v) is 15.2. The van der Waals surface area contributed by atoms with E-state index in [0.717, 1.165) is 81.1 Å². The second kappa shape index (κ2) is 13.7. The van der Waals surface area contributed by atoms with E-state index < -0.39 is 0 Å². The van der Waals surface area contributed by atoms with Crippen LogP contribution in [-0.4, -0.2) is 9.97 Å². The fraction of sp³-hybridized carbons (Fsp3) is 0.115. The van der Waals surface area contributed by atoms with Crippen LogP contribution < -0.4 is 5.73 Å². The van der Waals surface area contributed by atoms with Gasteiger partial charge in [0.15, 0.2) is 0 Å². The van der Waals surface area contributed by atoms with Crippen LogP contribution in [0.15, 0.2) is 163 Å². The third-order valence-corrected chi connectivity index (χ3v) is 11.6. The monoisotopic (exact) mass is 707 g/mol. The van der Waals surface area contributed by atoms with E-state index in [9.17, 15) is 0 Å². The summed E-state index contributed by atoms with van der Waals surface area (Å²) in [5.74, 6) is 0.479. The van der Waals surface area contributed by atoms with E-state index in [4.69, 9.17) is 15.7 Å². The topological polar surface area (TPSA) is 51.8 Å². The van der Waals surface area contributed by atoms with Crippen molar-refractivity contribution in [3.63, 3.8) is 0 Å². The van der Waals surface area contributed by atoms with Crippen LogP contribution in [0.4, 0.5) is 5.69 Å². The van der Waals surface area contributed by atoms with Crippen molar-refractivity contribution in [1.82, 2.24) is 9.97 Å². The number of aromatic nitrogens is 2. The van der Waals surface area contributed by atoms with Crippen LogP contribution >= 0.6 is 0 Å². The highest BCUT2D eigenvalue weighted by molar-refractivity contribution is 6.07. The van der Waals surface area contributed by atoms with Crippen molar-refractivity contribution in [1.29, 1.82) is 0 Å². The molecule has 0 saturated carbocycles. The smallest absolute Gasteiger partial charge is 0.0972 e. The number of nitrogens with two attached hydrogens (primary N) is 1. The summed E-state index contributed by atoms with van der Waals surface area (Å²) < 4.78 is 0. The largest absolute Gasteiger partial charge is 0.398 e. The first-order valence-corrected chi connectivity index (χ1v) is 19.4. The molecule has 2 aliphatic rings. The molecular formula is C52H41N3. The van der Waals surface area contributed by atoms with Crippen LogP contribution in [-0.2, 0) is 12.8 Å². The van der Waals surface area contributed by atoms with Gasteiger partial charge in [-0.2, -0.15) is 0 Å². The number of rotatable bonds is 6. The SMILES string of the molecule is C[C@@H]1C=Cc2c(c(-c3ccccc3CC3=CC=C(c4ccc(-c5ccc6ccc7ccc(-c8ccccc8)nc7c6n5)cc4)CC3)c(N)c3ccccc23)C1. The Labute approximate surface area is 322 Å². The Kier molecular flexibility index (Phi) is 8.21. The predicted octanol–water partition coefficient (Wildman–Crippen LogP) is 13.1.